The van der Waals surface area contributed by atoms with E-state index in [1.54, 1.807) is 30.3 Å². The van der Waals surface area contributed by atoms with Gasteiger partial charge in [-0.1, -0.05) is 36.4 Å². The highest BCUT2D eigenvalue weighted by molar-refractivity contribution is 5.83. The minimum absolute atomic E-state index is 0.0514. The Morgan fingerprint density at radius 2 is 1.76 bits per heavy atom. The Morgan fingerprint density at radius 3 is 2.38 bits per heavy atom. The van der Waals surface area contributed by atoms with Gasteiger partial charge in [-0.05, 0) is 12.1 Å². The summed E-state index contributed by atoms with van der Waals surface area (Å²) in [6, 6.07) is 14.9. The molecule has 2 rings (SSSR count). The van der Waals surface area contributed by atoms with Crippen molar-refractivity contribution in [1.82, 2.24) is 0 Å². The summed E-state index contributed by atoms with van der Waals surface area (Å²) >= 11 is 0. The molecular weight excluding hydrogens is 272 g/mol. The smallest absolute Gasteiger partial charge is 0.273 e. The molecule has 1 amide bonds. The normalized spacial score (nSPS) is 11.6. The van der Waals surface area contributed by atoms with Crippen molar-refractivity contribution < 1.29 is 14.5 Å². The number of nitrogens with two attached hydrogens (primary N) is 1. The number of rotatable bonds is 6. The molecule has 0 saturated heterocycles. The maximum atomic E-state index is 11.6. The average Bonchev–Trinajstić information content (AvgIpc) is 2.48. The summed E-state index contributed by atoms with van der Waals surface area (Å²) in [4.78, 5) is 22.1. The van der Waals surface area contributed by atoms with E-state index in [1.165, 1.54) is 18.2 Å². The topological polar surface area (TPSA) is 95.5 Å². The molecule has 2 aromatic carbocycles. The second-order valence-corrected chi connectivity index (χ2v) is 4.39. The van der Waals surface area contributed by atoms with Gasteiger partial charge in [0.15, 0.2) is 0 Å². The molecule has 0 fully saturated rings. The van der Waals surface area contributed by atoms with Crippen molar-refractivity contribution in [3.05, 3.63) is 70.3 Å². The van der Waals surface area contributed by atoms with E-state index in [1.807, 2.05) is 6.07 Å². The Hall–Kier alpha value is -2.89. The second-order valence-electron chi connectivity index (χ2n) is 4.39. The van der Waals surface area contributed by atoms with E-state index < -0.39 is 16.7 Å². The van der Waals surface area contributed by atoms with Gasteiger partial charge in [-0.3, -0.25) is 14.9 Å². The third-order valence-electron chi connectivity index (χ3n) is 3.01. The lowest BCUT2D eigenvalue weighted by molar-refractivity contribution is -0.385. The Labute approximate surface area is 121 Å². The first-order valence-electron chi connectivity index (χ1n) is 6.30. The van der Waals surface area contributed by atoms with Gasteiger partial charge in [0.25, 0.3) is 5.69 Å². The number of nitrogens with zero attached hydrogens (tertiary/aromatic N) is 1. The molecule has 2 N–H and O–H groups in total. The first-order chi connectivity index (χ1) is 10.1. The van der Waals surface area contributed by atoms with Crippen molar-refractivity contribution in [3.8, 4) is 5.75 Å². The molecule has 6 heteroatoms. The SMILES string of the molecule is NC(=O)C(COc1ccccc1)c1ccccc1[N+](=O)[O-]. The molecule has 108 valence electrons. The largest absolute Gasteiger partial charge is 0.492 e. The Bertz CT molecular complexity index is 643. The Balaban J connectivity index is 2.24. The van der Waals surface area contributed by atoms with Gasteiger partial charge < -0.3 is 10.5 Å². The Morgan fingerprint density at radius 1 is 1.14 bits per heavy atom. The third kappa shape index (κ3) is 3.56. The van der Waals surface area contributed by atoms with Crippen LogP contribution in [0.4, 0.5) is 5.69 Å². The van der Waals surface area contributed by atoms with Gasteiger partial charge in [0.1, 0.15) is 18.3 Å². The lowest BCUT2D eigenvalue weighted by atomic mass is 9.97. The molecule has 21 heavy (non-hydrogen) atoms. The van der Waals surface area contributed by atoms with E-state index in [0.29, 0.717) is 5.75 Å². The fourth-order valence-corrected chi connectivity index (χ4v) is 1.97. The van der Waals surface area contributed by atoms with E-state index in [2.05, 4.69) is 0 Å². The number of nitro benzene ring substituents is 1. The van der Waals surface area contributed by atoms with Gasteiger partial charge in [0.2, 0.25) is 5.91 Å². The third-order valence-corrected chi connectivity index (χ3v) is 3.01. The van der Waals surface area contributed by atoms with Crippen LogP contribution in [0.25, 0.3) is 0 Å². The molecule has 6 nitrogen and oxygen atoms in total. The number of amides is 1. The molecule has 0 aliphatic heterocycles. The molecule has 2 aromatic rings. The highest BCUT2D eigenvalue weighted by Gasteiger charge is 2.26. The van der Waals surface area contributed by atoms with Crippen molar-refractivity contribution in [3.63, 3.8) is 0 Å². The number of carbonyl (C=O) groups excluding carboxylic acids is 1. The molecule has 0 heterocycles. The summed E-state index contributed by atoms with van der Waals surface area (Å²) in [5, 5.41) is 11.0. The zero-order valence-corrected chi connectivity index (χ0v) is 11.1. The minimum Gasteiger partial charge on any atom is -0.492 e. The number of nitro groups is 1. The van der Waals surface area contributed by atoms with Crippen molar-refractivity contribution in [1.29, 1.82) is 0 Å². The van der Waals surface area contributed by atoms with Gasteiger partial charge >= 0.3 is 0 Å². The Kier molecular flexibility index (Phi) is 4.50. The zero-order valence-electron chi connectivity index (χ0n) is 11.1. The highest BCUT2D eigenvalue weighted by atomic mass is 16.6. The molecule has 0 aliphatic carbocycles. The fraction of sp³-hybridized carbons (Fsp3) is 0.133. The summed E-state index contributed by atoms with van der Waals surface area (Å²) in [7, 11) is 0. The van der Waals surface area contributed by atoms with Crippen LogP contribution in [0.1, 0.15) is 11.5 Å². The highest BCUT2D eigenvalue weighted by Crippen LogP contribution is 2.27. The molecule has 0 bridgehead atoms. The fourth-order valence-electron chi connectivity index (χ4n) is 1.97. The number of primary amides is 1. The van der Waals surface area contributed by atoms with Crippen LogP contribution < -0.4 is 10.5 Å². The quantitative estimate of drug-likeness (QED) is 0.650. The molecule has 0 aliphatic rings. The van der Waals surface area contributed by atoms with Crippen molar-refractivity contribution >= 4 is 11.6 Å². The average molecular weight is 286 g/mol. The summed E-state index contributed by atoms with van der Waals surface area (Å²) in [6.07, 6.45) is 0. The van der Waals surface area contributed by atoms with Crippen LogP contribution in [0, 0.1) is 10.1 Å². The van der Waals surface area contributed by atoms with Crippen LogP contribution >= 0.6 is 0 Å². The van der Waals surface area contributed by atoms with Gasteiger partial charge in [-0.25, -0.2) is 0 Å². The van der Waals surface area contributed by atoms with Gasteiger partial charge in [-0.15, -0.1) is 0 Å². The summed E-state index contributed by atoms with van der Waals surface area (Å²) in [5.74, 6) is -0.977. The van der Waals surface area contributed by atoms with E-state index >= 15 is 0 Å². The van der Waals surface area contributed by atoms with Gasteiger partial charge in [0, 0.05) is 11.6 Å². The lowest BCUT2D eigenvalue weighted by Gasteiger charge is -2.15. The van der Waals surface area contributed by atoms with Crippen LogP contribution in [0.15, 0.2) is 54.6 Å². The van der Waals surface area contributed by atoms with Crippen LogP contribution in [0.5, 0.6) is 5.75 Å². The molecule has 1 unspecified atom stereocenters. The first kappa shape index (κ1) is 14.5. The van der Waals surface area contributed by atoms with E-state index in [9.17, 15) is 14.9 Å². The van der Waals surface area contributed by atoms with Crippen LogP contribution in [0.2, 0.25) is 0 Å². The molecule has 0 spiro atoms. The van der Waals surface area contributed by atoms with Crippen LogP contribution in [-0.4, -0.2) is 17.4 Å². The molecular formula is C15H14N2O4. The summed E-state index contributed by atoms with van der Waals surface area (Å²) in [5.41, 5.74) is 5.48. The molecule has 1 atom stereocenters. The maximum absolute atomic E-state index is 11.6. The molecule has 0 aromatic heterocycles. The number of hydrogen-bond acceptors (Lipinski definition) is 4. The van der Waals surface area contributed by atoms with Gasteiger partial charge in [-0.2, -0.15) is 0 Å². The van der Waals surface area contributed by atoms with Crippen molar-refractivity contribution in [2.45, 2.75) is 5.92 Å². The second kappa shape index (κ2) is 6.51. The monoisotopic (exact) mass is 286 g/mol. The first-order valence-corrected chi connectivity index (χ1v) is 6.30. The van der Waals surface area contributed by atoms with Gasteiger partial charge in [0.05, 0.1) is 4.92 Å². The van der Waals surface area contributed by atoms with Crippen molar-refractivity contribution in [2.24, 2.45) is 5.73 Å². The lowest BCUT2D eigenvalue weighted by Crippen LogP contribution is -2.27. The minimum atomic E-state index is -0.883. The van der Waals surface area contributed by atoms with E-state index in [4.69, 9.17) is 10.5 Å². The predicted molar refractivity (Wildman–Crippen MR) is 77.0 cm³/mol. The van der Waals surface area contributed by atoms with E-state index in [-0.39, 0.29) is 17.9 Å². The predicted octanol–water partition coefficient (Wildman–Crippen LogP) is 2.24. The maximum Gasteiger partial charge on any atom is 0.273 e. The van der Waals surface area contributed by atoms with E-state index in [0.717, 1.165) is 0 Å². The number of benzene rings is 2. The number of para-hydroxylation sites is 2. The summed E-state index contributed by atoms with van der Waals surface area (Å²) in [6.45, 7) is -0.0514. The molecule has 0 saturated carbocycles. The number of ether oxygens (including phenoxy) is 1. The van der Waals surface area contributed by atoms with Crippen molar-refractivity contribution in [2.75, 3.05) is 6.61 Å². The standard InChI is InChI=1S/C15H14N2O4/c16-15(18)13(10-21-11-6-2-1-3-7-11)12-8-4-5-9-14(12)17(19)20/h1-9,13H,10H2,(H2,16,18). The summed E-state index contributed by atoms with van der Waals surface area (Å²) < 4.78 is 5.50. The van der Waals surface area contributed by atoms with Crippen LogP contribution in [-0.2, 0) is 4.79 Å². The molecule has 0 radical (unpaired) electrons. The number of hydrogen-bond donors (Lipinski definition) is 1. The number of carbonyl (C=O) groups is 1. The zero-order chi connectivity index (χ0) is 15.2. The van der Waals surface area contributed by atoms with Crippen LogP contribution in [0.3, 0.4) is 0 Å².